The van der Waals surface area contributed by atoms with Crippen LogP contribution in [0.2, 0.25) is 0 Å². The number of carbonyl (C=O) groups is 1. The first-order valence-electron chi connectivity index (χ1n) is 3.65. The Morgan fingerprint density at radius 1 is 1.54 bits per heavy atom. The van der Waals surface area contributed by atoms with Gasteiger partial charge in [-0.1, -0.05) is 6.92 Å². The maximum absolute atomic E-state index is 11.2. The minimum Gasteiger partial charge on any atom is -0.319 e. The molecule has 1 aliphatic heterocycles. The van der Waals surface area contributed by atoms with Crippen LogP contribution in [-0.2, 0) is 4.79 Å². The Kier molecular flexibility index (Phi) is 2.60. The number of thiol groups is 1. The van der Waals surface area contributed by atoms with E-state index in [0.29, 0.717) is 5.57 Å². The Bertz CT molecular complexity index is 361. The van der Waals surface area contributed by atoms with Crippen LogP contribution < -0.4 is 5.32 Å². The molecule has 1 amide bonds. The van der Waals surface area contributed by atoms with Gasteiger partial charge >= 0.3 is 0 Å². The minimum absolute atomic E-state index is 0.256. The molecule has 2 atom stereocenters. The van der Waals surface area contributed by atoms with Crippen molar-refractivity contribution in [1.29, 1.82) is 10.5 Å². The number of nitrogens with zero attached hydrogens (tertiary/aromatic N) is 2. The number of amides is 1. The molecule has 0 bridgehead atoms. The molecule has 0 saturated heterocycles. The van der Waals surface area contributed by atoms with Gasteiger partial charge in [-0.05, 0) is 0 Å². The van der Waals surface area contributed by atoms with Gasteiger partial charge in [0.1, 0.15) is 5.92 Å². The maximum Gasteiger partial charge on any atom is 0.242 e. The van der Waals surface area contributed by atoms with Gasteiger partial charge in [-0.3, -0.25) is 4.79 Å². The number of hydrogen-bond donors (Lipinski definition) is 2. The van der Waals surface area contributed by atoms with Crippen molar-refractivity contribution in [2.45, 2.75) is 6.92 Å². The van der Waals surface area contributed by atoms with Crippen LogP contribution in [0, 0.1) is 34.5 Å². The molecule has 1 N–H and O–H groups in total. The van der Waals surface area contributed by atoms with Gasteiger partial charge in [0.2, 0.25) is 5.91 Å². The van der Waals surface area contributed by atoms with E-state index in [4.69, 9.17) is 10.5 Å². The first kappa shape index (κ1) is 9.63. The summed E-state index contributed by atoms with van der Waals surface area (Å²) in [5, 5.41) is 20.0. The highest BCUT2D eigenvalue weighted by molar-refractivity contribution is 7.84. The lowest BCUT2D eigenvalue weighted by Crippen LogP contribution is -2.38. The van der Waals surface area contributed by atoms with Crippen LogP contribution in [0.25, 0.3) is 0 Å². The SMILES string of the molecule is C[C@H]1C(C#N)=C(S)NC(=O)[C@H]1C#N. The highest BCUT2D eigenvalue weighted by Gasteiger charge is 2.33. The Labute approximate surface area is 81.3 Å². The molecular formula is C8H7N3OS. The van der Waals surface area contributed by atoms with Gasteiger partial charge in [0, 0.05) is 5.92 Å². The van der Waals surface area contributed by atoms with Crippen molar-refractivity contribution in [2.75, 3.05) is 0 Å². The fourth-order valence-electron chi connectivity index (χ4n) is 1.20. The van der Waals surface area contributed by atoms with Gasteiger partial charge in [-0.15, -0.1) is 12.6 Å². The molecule has 4 nitrogen and oxygen atoms in total. The van der Waals surface area contributed by atoms with Crippen molar-refractivity contribution in [3.63, 3.8) is 0 Å². The topological polar surface area (TPSA) is 76.7 Å². The lowest BCUT2D eigenvalue weighted by atomic mass is 9.86. The van der Waals surface area contributed by atoms with Crippen molar-refractivity contribution >= 4 is 18.5 Å². The summed E-state index contributed by atoms with van der Waals surface area (Å²) in [6.45, 7) is 1.67. The number of nitriles is 2. The summed E-state index contributed by atoms with van der Waals surface area (Å²) in [6, 6.07) is 3.78. The van der Waals surface area contributed by atoms with Crippen LogP contribution in [0.4, 0.5) is 0 Å². The van der Waals surface area contributed by atoms with Gasteiger partial charge < -0.3 is 5.32 Å². The third-order valence-corrected chi connectivity index (χ3v) is 2.35. The lowest BCUT2D eigenvalue weighted by molar-refractivity contribution is -0.123. The zero-order valence-electron chi connectivity index (χ0n) is 6.90. The van der Waals surface area contributed by atoms with E-state index in [1.807, 2.05) is 12.1 Å². The van der Waals surface area contributed by atoms with E-state index in [-0.39, 0.29) is 16.9 Å². The maximum atomic E-state index is 11.2. The first-order valence-corrected chi connectivity index (χ1v) is 4.10. The Morgan fingerprint density at radius 3 is 2.62 bits per heavy atom. The van der Waals surface area contributed by atoms with Gasteiger partial charge in [0.15, 0.2) is 0 Å². The van der Waals surface area contributed by atoms with E-state index >= 15 is 0 Å². The van der Waals surface area contributed by atoms with Crippen molar-refractivity contribution in [2.24, 2.45) is 11.8 Å². The standard InChI is InChI=1S/C8H7N3OS/c1-4-5(2-9)7(12)11-8(13)6(4)3-10/h4-5,13H,1H3,(H,11,12)/t4-,5+/m1/s1. The fourth-order valence-corrected chi connectivity index (χ4v) is 1.56. The van der Waals surface area contributed by atoms with Crippen LogP contribution in [0.15, 0.2) is 10.6 Å². The summed E-state index contributed by atoms with van der Waals surface area (Å²) in [7, 11) is 0. The monoisotopic (exact) mass is 193 g/mol. The van der Waals surface area contributed by atoms with Gasteiger partial charge in [0.05, 0.1) is 22.7 Å². The van der Waals surface area contributed by atoms with Crippen LogP contribution in [0.1, 0.15) is 6.92 Å². The summed E-state index contributed by atoms with van der Waals surface area (Å²) < 4.78 is 0. The zero-order chi connectivity index (χ0) is 10.0. The van der Waals surface area contributed by atoms with Crippen LogP contribution in [-0.4, -0.2) is 5.91 Å². The summed E-state index contributed by atoms with van der Waals surface area (Å²) in [5.41, 5.74) is 0.356. The van der Waals surface area contributed by atoms with E-state index in [2.05, 4.69) is 17.9 Å². The van der Waals surface area contributed by atoms with E-state index in [0.717, 1.165) is 0 Å². The summed E-state index contributed by atoms with van der Waals surface area (Å²) in [4.78, 5) is 11.2. The Hall–Kier alpha value is -1.46. The molecular weight excluding hydrogens is 186 g/mol. The molecule has 0 radical (unpaired) electrons. The van der Waals surface area contributed by atoms with Crippen molar-refractivity contribution in [1.82, 2.24) is 5.32 Å². The van der Waals surface area contributed by atoms with Gasteiger partial charge in [0.25, 0.3) is 0 Å². The van der Waals surface area contributed by atoms with Crippen LogP contribution in [0.3, 0.4) is 0 Å². The molecule has 13 heavy (non-hydrogen) atoms. The third kappa shape index (κ3) is 1.51. The quantitative estimate of drug-likeness (QED) is 0.552. The molecule has 5 heteroatoms. The molecule has 0 aromatic carbocycles. The second kappa shape index (κ2) is 3.51. The number of allylic oxidation sites excluding steroid dienone is 1. The second-order valence-corrected chi connectivity index (χ2v) is 3.21. The number of carbonyl (C=O) groups excluding carboxylic acids is 1. The number of rotatable bonds is 0. The predicted molar refractivity (Wildman–Crippen MR) is 48.0 cm³/mol. The Balaban J connectivity index is 3.13. The predicted octanol–water partition coefficient (Wildman–Crippen LogP) is 0.557. The van der Waals surface area contributed by atoms with Gasteiger partial charge in [-0.2, -0.15) is 10.5 Å². The van der Waals surface area contributed by atoms with Crippen molar-refractivity contribution < 1.29 is 4.79 Å². The molecule has 0 fully saturated rings. The molecule has 0 aromatic rings. The van der Waals surface area contributed by atoms with Gasteiger partial charge in [-0.25, -0.2) is 0 Å². The molecule has 1 aliphatic rings. The summed E-state index contributed by atoms with van der Waals surface area (Å²) in [6.07, 6.45) is 0. The second-order valence-electron chi connectivity index (χ2n) is 2.76. The molecule has 1 rings (SSSR count). The third-order valence-electron chi connectivity index (χ3n) is 1.99. The molecule has 0 spiro atoms. The number of nitrogens with one attached hydrogen (secondary N) is 1. The average molecular weight is 193 g/mol. The highest BCUT2D eigenvalue weighted by atomic mass is 32.1. The van der Waals surface area contributed by atoms with E-state index in [1.54, 1.807) is 6.92 Å². The number of hydrogen-bond acceptors (Lipinski definition) is 4. The van der Waals surface area contributed by atoms with Crippen molar-refractivity contribution in [3.05, 3.63) is 10.6 Å². The highest BCUT2D eigenvalue weighted by Crippen LogP contribution is 2.27. The molecule has 1 heterocycles. The largest absolute Gasteiger partial charge is 0.319 e. The van der Waals surface area contributed by atoms with Crippen LogP contribution >= 0.6 is 12.6 Å². The van der Waals surface area contributed by atoms with E-state index in [9.17, 15) is 4.79 Å². The molecule has 0 saturated carbocycles. The molecule has 0 aliphatic carbocycles. The Morgan fingerprint density at radius 2 is 2.15 bits per heavy atom. The minimum atomic E-state index is -0.787. The molecule has 0 unspecified atom stereocenters. The van der Waals surface area contributed by atoms with Crippen molar-refractivity contribution in [3.8, 4) is 12.1 Å². The average Bonchev–Trinajstić information content (AvgIpc) is 2.04. The zero-order valence-corrected chi connectivity index (χ0v) is 7.80. The van der Waals surface area contributed by atoms with Crippen LogP contribution in [0.5, 0.6) is 0 Å². The molecule has 66 valence electrons. The van der Waals surface area contributed by atoms with E-state index in [1.165, 1.54) is 0 Å². The smallest absolute Gasteiger partial charge is 0.242 e. The first-order chi connectivity index (χ1) is 6.11. The fraction of sp³-hybridized carbons (Fsp3) is 0.375. The van der Waals surface area contributed by atoms with E-state index < -0.39 is 5.92 Å². The normalized spacial score (nSPS) is 27.5. The lowest BCUT2D eigenvalue weighted by Gasteiger charge is -2.23. The molecule has 0 aromatic heterocycles. The summed E-state index contributed by atoms with van der Waals surface area (Å²) in [5.74, 6) is -1.55. The summed E-state index contributed by atoms with van der Waals surface area (Å²) >= 11 is 3.95.